The topological polar surface area (TPSA) is 59.8 Å². The molecule has 0 aliphatic rings. The van der Waals surface area contributed by atoms with Gasteiger partial charge in [0, 0.05) is 30.1 Å². The van der Waals surface area contributed by atoms with Crippen LogP contribution in [0.1, 0.15) is 16.7 Å². The van der Waals surface area contributed by atoms with Gasteiger partial charge in [0.05, 0.1) is 0 Å². The maximum atomic E-state index is 12.3. The predicted octanol–water partition coefficient (Wildman–Crippen LogP) is 5.73. The molecule has 3 aromatic carbocycles. The Balaban J connectivity index is 1.43. The van der Waals surface area contributed by atoms with Crippen LogP contribution in [0.2, 0.25) is 0 Å². The van der Waals surface area contributed by atoms with Crippen LogP contribution in [0.25, 0.3) is 17.5 Å². The van der Waals surface area contributed by atoms with Gasteiger partial charge < -0.3 is 9.88 Å². The minimum Gasteiger partial charge on any atom is -0.322 e. The minimum absolute atomic E-state index is 0.182. The highest BCUT2D eigenvalue weighted by Crippen LogP contribution is 2.26. The molecule has 6 heteroatoms. The number of amides is 1. The maximum Gasteiger partial charge on any atom is 0.248 e. The highest BCUT2D eigenvalue weighted by Gasteiger charge is 2.12. The lowest BCUT2D eigenvalue weighted by atomic mass is 10.2. The zero-order valence-corrected chi connectivity index (χ0v) is 18.8. The summed E-state index contributed by atoms with van der Waals surface area (Å²) in [6.07, 6.45) is 3.32. The number of benzene rings is 3. The van der Waals surface area contributed by atoms with Crippen molar-refractivity contribution in [2.24, 2.45) is 7.05 Å². The van der Waals surface area contributed by atoms with Gasteiger partial charge in [-0.2, -0.15) is 0 Å². The van der Waals surface area contributed by atoms with Gasteiger partial charge in [-0.1, -0.05) is 84.1 Å². The Hall–Kier alpha value is -3.64. The van der Waals surface area contributed by atoms with Crippen molar-refractivity contribution in [3.8, 4) is 11.4 Å². The highest BCUT2D eigenvalue weighted by molar-refractivity contribution is 7.98. The summed E-state index contributed by atoms with van der Waals surface area (Å²) in [5, 5.41) is 12.5. The third-order valence-electron chi connectivity index (χ3n) is 4.94. The largest absolute Gasteiger partial charge is 0.322 e. The van der Waals surface area contributed by atoms with Gasteiger partial charge in [0.2, 0.25) is 5.91 Å². The van der Waals surface area contributed by atoms with Crippen LogP contribution in [0.4, 0.5) is 5.69 Å². The first-order valence-corrected chi connectivity index (χ1v) is 11.3. The Labute approximate surface area is 192 Å². The fourth-order valence-electron chi connectivity index (χ4n) is 3.18. The number of nitrogens with zero attached hydrogens (tertiary/aromatic N) is 3. The van der Waals surface area contributed by atoms with Crippen molar-refractivity contribution >= 4 is 29.4 Å². The van der Waals surface area contributed by atoms with Gasteiger partial charge in [-0.3, -0.25) is 4.79 Å². The summed E-state index contributed by atoms with van der Waals surface area (Å²) in [5.41, 5.74) is 5.08. The molecule has 4 rings (SSSR count). The van der Waals surface area contributed by atoms with E-state index < -0.39 is 0 Å². The van der Waals surface area contributed by atoms with Crippen LogP contribution in [0.3, 0.4) is 0 Å². The van der Waals surface area contributed by atoms with Gasteiger partial charge >= 0.3 is 0 Å². The van der Waals surface area contributed by atoms with Crippen LogP contribution in [0, 0.1) is 6.92 Å². The summed E-state index contributed by atoms with van der Waals surface area (Å²) in [6, 6.07) is 25.9. The second kappa shape index (κ2) is 10.1. The molecule has 0 saturated carbocycles. The molecule has 0 saturated heterocycles. The van der Waals surface area contributed by atoms with E-state index in [4.69, 9.17) is 0 Å². The van der Waals surface area contributed by atoms with Crippen LogP contribution in [0.5, 0.6) is 0 Å². The smallest absolute Gasteiger partial charge is 0.248 e. The van der Waals surface area contributed by atoms with E-state index in [2.05, 4.69) is 46.7 Å². The van der Waals surface area contributed by atoms with Crippen LogP contribution >= 0.6 is 11.8 Å². The molecule has 1 aromatic heterocycles. The fraction of sp³-hybridized carbons (Fsp3) is 0.115. The van der Waals surface area contributed by atoms with Crippen molar-refractivity contribution < 1.29 is 4.79 Å². The number of carbonyl (C=O) groups excluding carboxylic acids is 1. The first-order chi connectivity index (χ1) is 15.6. The first kappa shape index (κ1) is 21.6. The second-order valence-corrected chi connectivity index (χ2v) is 8.40. The lowest BCUT2D eigenvalue weighted by Gasteiger charge is -2.07. The number of thioether (sulfide) groups is 1. The third kappa shape index (κ3) is 5.53. The lowest BCUT2D eigenvalue weighted by Crippen LogP contribution is -2.07. The van der Waals surface area contributed by atoms with Crippen molar-refractivity contribution in [1.82, 2.24) is 14.8 Å². The Morgan fingerprint density at radius 3 is 2.56 bits per heavy atom. The molecule has 0 atom stereocenters. The van der Waals surface area contributed by atoms with Crippen molar-refractivity contribution in [3.63, 3.8) is 0 Å². The van der Waals surface area contributed by atoms with Gasteiger partial charge in [-0.15, -0.1) is 10.2 Å². The van der Waals surface area contributed by atoms with E-state index in [1.54, 1.807) is 17.8 Å². The standard InChI is InChI=1S/C26H24N4OS/c1-19-11-13-21(14-12-19)18-32-26-29-28-25(30(26)2)22-9-6-10-23(17-22)27-24(31)16-15-20-7-4-3-5-8-20/h3-17H,18H2,1-2H3,(H,27,31)/b16-15+. The molecule has 160 valence electrons. The van der Waals surface area contributed by atoms with Crippen LogP contribution in [0.15, 0.2) is 90.1 Å². The van der Waals surface area contributed by atoms with Gasteiger partial charge in [-0.05, 0) is 36.3 Å². The van der Waals surface area contributed by atoms with Crippen molar-refractivity contribution in [2.45, 2.75) is 17.8 Å². The molecule has 0 unspecified atom stereocenters. The number of nitrogens with one attached hydrogen (secondary N) is 1. The number of anilines is 1. The van der Waals surface area contributed by atoms with Crippen LogP contribution < -0.4 is 5.32 Å². The SMILES string of the molecule is Cc1ccc(CSc2nnc(-c3cccc(NC(=O)/C=C/c4ccccc4)c3)n2C)cc1. The molecule has 1 N–H and O–H groups in total. The summed E-state index contributed by atoms with van der Waals surface area (Å²) >= 11 is 1.65. The van der Waals surface area contributed by atoms with E-state index in [-0.39, 0.29) is 5.91 Å². The van der Waals surface area contributed by atoms with Crippen LogP contribution in [-0.4, -0.2) is 20.7 Å². The Morgan fingerprint density at radius 2 is 1.78 bits per heavy atom. The van der Waals surface area contributed by atoms with Crippen molar-refractivity contribution in [2.75, 3.05) is 5.32 Å². The number of aromatic nitrogens is 3. The van der Waals surface area contributed by atoms with Gasteiger partial charge in [0.15, 0.2) is 11.0 Å². The second-order valence-electron chi connectivity index (χ2n) is 7.45. The lowest BCUT2D eigenvalue weighted by molar-refractivity contribution is -0.111. The molecular weight excluding hydrogens is 416 g/mol. The molecule has 0 fully saturated rings. The van der Waals surface area contributed by atoms with E-state index in [0.29, 0.717) is 5.69 Å². The third-order valence-corrected chi connectivity index (χ3v) is 6.03. The Morgan fingerprint density at radius 1 is 1.00 bits per heavy atom. The molecule has 1 heterocycles. The normalized spacial score (nSPS) is 11.1. The van der Waals surface area contributed by atoms with Crippen molar-refractivity contribution in [3.05, 3.63) is 102 Å². The molecule has 1 amide bonds. The van der Waals surface area contributed by atoms with E-state index in [1.807, 2.05) is 66.2 Å². The molecule has 0 aliphatic heterocycles. The van der Waals surface area contributed by atoms with E-state index >= 15 is 0 Å². The number of hydrogen-bond acceptors (Lipinski definition) is 4. The molecule has 5 nitrogen and oxygen atoms in total. The average Bonchev–Trinajstić information content (AvgIpc) is 3.18. The molecule has 0 aliphatic carbocycles. The number of hydrogen-bond donors (Lipinski definition) is 1. The molecule has 4 aromatic rings. The number of carbonyl (C=O) groups is 1. The van der Waals surface area contributed by atoms with E-state index in [1.165, 1.54) is 17.2 Å². The summed E-state index contributed by atoms with van der Waals surface area (Å²) in [7, 11) is 1.96. The molecule has 0 spiro atoms. The highest BCUT2D eigenvalue weighted by atomic mass is 32.2. The predicted molar refractivity (Wildman–Crippen MR) is 131 cm³/mol. The molecular formula is C26H24N4OS. The quantitative estimate of drug-likeness (QED) is 0.294. The van der Waals surface area contributed by atoms with E-state index in [9.17, 15) is 4.79 Å². The number of rotatable bonds is 7. The molecule has 32 heavy (non-hydrogen) atoms. The minimum atomic E-state index is -0.182. The van der Waals surface area contributed by atoms with Gasteiger partial charge in [-0.25, -0.2) is 0 Å². The summed E-state index contributed by atoms with van der Waals surface area (Å²) in [4.78, 5) is 12.3. The zero-order valence-electron chi connectivity index (χ0n) is 18.0. The Bertz CT molecular complexity index is 1230. The van der Waals surface area contributed by atoms with E-state index in [0.717, 1.165) is 27.9 Å². The monoisotopic (exact) mass is 440 g/mol. The van der Waals surface area contributed by atoms with Crippen molar-refractivity contribution in [1.29, 1.82) is 0 Å². The summed E-state index contributed by atoms with van der Waals surface area (Å²) in [6.45, 7) is 2.09. The fourth-order valence-corrected chi connectivity index (χ4v) is 4.05. The Kier molecular flexibility index (Phi) is 6.82. The summed E-state index contributed by atoms with van der Waals surface area (Å²) in [5.74, 6) is 1.40. The molecule has 0 radical (unpaired) electrons. The van der Waals surface area contributed by atoms with Gasteiger partial charge in [0.1, 0.15) is 0 Å². The average molecular weight is 441 g/mol. The molecule has 0 bridgehead atoms. The number of aryl methyl sites for hydroxylation is 1. The van der Waals surface area contributed by atoms with Crippen LogP contribution in [-0.2, 0) is 17.6 Å². The van der Waals surface area contributed by atoms with Gasteiger partial charge in [0.25, 0.3) is 0 Å². The summed E-state index contributed by atoms with van der Waals surface area (Å²) < 4.78 is 1.98. The first-order valence-electron chi connectivity index (χ1n) is 10.3. The zero-order chi connectivity index (χ0) is 22.3. The maximum absolute atomic E-state index is 12.3.